The fourth-order valence-corrected chi connectivity index (χ4v) is 4.78. The molecule has 0 amide bonds. The minimum absolute atomic E-state index is 0.379. The molecule has 0 radical (unpaired) electrons. The van der Waals surface area contributed by atoms with Crippen molar-refractivity contribution in [1.82, 2.24) is 5.43 Å². The van der Waals surface area contributed by atoms with Gasteiger partial charge in [0.05, 0.1) is 0 Å². The van der Waals surface area contributed by atoms with Crippen LogP contribution >= 0.6 is 23.4 Å². The Balaban J connectivity index is 1.91. The molecular formula is C16H25ClN2S. The van der Waals surface area contributed by atoms with Gasteiger partial charge in [-0.2, -0.15) is 0 Å². The third-order valence-electron chi connectivity index (χ3n) is 4.22. The molecule has 0 aromatic heterocycles. The van der Waals surface area contributed by atoms with Gasteiger partial charge in [-0.1, -0.05) is 31.5 Å². The number of rotatable bonds is 5. The molecule has 3 unspecified atom stereocenters. The molecule has 0 bridgehead atoms. The van der Waals surface area contributed by atoms with Crippen molar-refractivity contribution in [3.63, 3.8) is 0 Å². The standard InChI is InChI=1S/C16H25ClN2S/c1-11-6-12(2)8-13(7-11)16(19-18)10-20-15-5-3-4-14(17)9-15/h3-5,9,11-13,16,19H,6-8,10,18H2,1-2H3. The molecule has 1 aliphatic carbocycles. The maximum Gasteiger partial charge on any atom is 0.0417 e. The van der Waals surface area contributed by atoms with Crippen molar-refractivity contribution < 1.29 is 0 Å². The average Bonchev–Trinajstić information content (AvgIpc) is 2.38. The van der Waals surface area contributed by atoms with Crippen molar-refractivity contribution in [2.24, 2.45) is 23.6 Å². The summed E-state index contributed by atoms with van der Waals surface area (Å²) < 4.78 is 0. The Hall–Kier alpha value is -0.220. The molecule has 3 atom stereocenters. The molecule has 4 heteroatoms. The summed E-state index contributed by atoms with van der Waals surface area (Å²) in [7, 11) is 0. The van der Waals surface area contributed by atoms with Gasteiger partial charge in [0.25, 0.3) is 0 Å². The largest absolute Gasteiger partial charge is 0.271 e. The van der Waals surface area contributed by atoms with Crippen LogP contribution in [0.1, 0.15) is 33.1 Å². The highest BCUT2D eigenvalue weighted by atomic mass is 35.5. The number of hydrazine groups is 1. The van der Waals surface area contributed by atoms with Gasteiger partial charge in [0.2, 0.25) is 0 Å². The van der Waals surface area contributed by atoms with Gasteiger partial charge in [0, 0.05) is 21.7 Å². The van der Waals surface area contributed by atoms with E-state index >= 15 is 0 Å². The van der Waals surface area contributed by atoms with E-state index in [-0.39, 0.29) is 0 Å². The Labute approximate surface area is 131 Å². The monoisotopic (exact) mass is 312 g/mol. The lowest BCUT2D eigenvalue weighted by Gasteiger charge is -2.36. The summed E-state index contributed by atoms with van der Waals surface area (Å²) in [5.41, 5.74) is 3.04. The highest BCUT2D eigenvalue weighted by Gasteiger charge is 2.29. The van der Waals surface area contributed by atoms with E-state index < -0.39 is 0 Å². The minimum Gasteiger partial charge on any atom is -0.271 e. The summed E-state index contributed by atoms with van der Waals surface area (Å²) in [5, 5.41) is 0.798. The Kier molecular flexibility index (Phi) is 6.21. The zero-order valence-corrected chi connectivity index (χ0v) is 13.9. The first-order valence-corrected chi connectivity index (χ1v) is 8.79. The van der Waals surface area contributed by atoms with E-state index in [2.05, 4.69) is 25.3 Å². The van der Waals surface area contributed by atoms with Crippen LogP contribution in [0.2, 0.25) is 5.02 Å². The lowest BCUT2D eigenvalue weighted by atomic mass is 9.74. The quantitative estimate of drug-likeness (QED) is 0.482. The molecule has 1 aliphatic rings. The molecule has 112 valence electrons. The number of nitrogens with two attached hydrogens (primary N) is 1. The van der Waals surface area contributed by atoms with Gasteiger partial charge in [-0.05, 0) is 55.2 Å². The number of benzene rings is 1. The number of thioether (sulfide) groups is 1. The zero-order chi connectivity index (χ0) is 14.5. The number of hydrogen-bond acceptors (Lipinski definition) is 3. The van der Waals surface area contributed by atoms with Crippen LogP contribution in [-0.2, 0) is 0 Å². The Bertz CT molecular complexity index is 417. The van der Waals surface area contributed by atoms with Crippen LogP contribution in [-0.4, -0.2) is 11.8 Å². The predicted octanol–water partition coefficient (Wildman–Crippen LogP) is 4.34. The molecule has 2 nitrogen and oxygen atoms in total. The first kappa shape index (κ1) is 16.2. The minimum atomic E-state index is 0.379. The topological polar surface area (TPSA) is 38.0 Å². The summed E-state index contributed by atoms with van der Waals surface area (Å²) in [6.07, 6.45) is 3.93. The Morgan fingerprint density at radius 3 is 2.60 bits per heavy atom. The van der Waals surface area contributed by atoms with Gasteiger partial charge >= 0.3 is 0 Å². The molecule has 1 aromatic rings. The summed E-state index contributed by atoms with van der Waals surface area (Å²) in [6, 6.07) is 8.42. The molecule has 20 heavy (non-hydrogen) atoms. The van der Waals surface area contributed by atoms with E-state index in [1.165, 1.54) is 24.2 Å². The van der Waals surface area contributed by atoms with Gasteiger partial charge in [0.1, 0.15) is 0 Å². The van der Waals surface area contributed by atoms with Crippen LogP contribution in [0.5, 0.6) is 0 Å². The van der Waals surface area contributed by atoms with Crippen LogP contribution in [0.15, 0.2) is 29.2 Å². The molecule has 1 saturated carbocycles. The van der Waals surface area contributed by atoms with Crippen LogP contribution in [0.3, 0.4) is 0 Å². The maximum atomic E-state index is 6.03. The lowest BCUT2D eigenvalue weighted by Crippen LogP contribution is -2.45. The van der Waals surface area contributed by atoms with Crippen LogP contribution < -0.4 is 11.3 Å². The molecule has 0 heterocycles. The fraction of sp³-hybridized carbons (Fsp3) is 0.625. The van der Waals surface area contributed by atoms with Crippen molar-refractivity contribution in [2.75, 3.05) is 5.75 Å². The van der Waals surface area contributed by atoms with E-state index in [9.17, 15) is 0 Å². The van der Waals surface area contributed by atoms with Gasteiger partial charge < -0.3 is 0 Å². The summed E-state index contributed by atoms with van der Waals surface area (Å²) >= 11 is 7.86. The van der Waals surface area contributed by atoms with E-state index in [4.69, 9.17) is 17.4 Å². The van der Waals surface area contributed by atoms with Crippen molar-refractivity contribution >= 4 is 23.4 Å². The van der Waals surface area contributed by atoms with E-state index in [0.717, 1.165) is 22.6 Å². The highest BCUT2D eigenvalue weighted by molar-refractivity contribution is 7.99. The molecular weight excluding hydrogens is 288 g/mol. The van der Waals surface area contributed by atoms with Gasteiger partial charge in [0.15, 0.2) is 0 Å². The second-order valence-electron chi connectivity index (χ2n) is 6.22. The molecule has 2 rings (SSSR count). The van der Waals surface area contributed by atoms with Gasteiger partial charge in [-0.15, -0.1) is 11.8 Å². The Morgan fingerprint density at radius 2 is 2.00 bits per heavy atom. The third-order valence-corrected chi connectivity index (χ3v) is 5.57. The van der Waals surface area contributed by atoms with E-state index in [1.807, 2.05) is 30.0 Å². The zero-order valence-electron chi connectivity index (χ0n) is 12.3. The molecule has 3 N–H and O–H groups in total. The lowest BCUT2D eigenvalue weighted by molar-refractivity contribution is 0.185. The maximum absolute atomic E-state index is 6.03. The smallest absolute Gasteiger partial charge is 0.0417 e. The second kappa shape index (κ2) is 7.69. The normalized spacial score (nSPS) is 28.3. The van der Waals surface area contributed by atoms with Crippen molar-refractivity contribution in [3.8, 4) is 0 Å². The number of halogens is 1. The van der Waals surface area contributed by atoms with Gasteiger partial charge in [-0.3, -0.25) is 11.3 Å². The molecule has 0 spiro atoms. The number of nitrogens with one attached hydrogen (secondary N) is 1. The van der Waals surface area contributed by atoms with Crippen LogP contribution in [0, 0.1) is 17.8 Å². The van der Waals surface area contributed by atoms with E-state index in [1.54, 1.807) is 0 Å². The van der Waals surface area contributed by atoms with Crippen LogP contribution in [0.4, 0.5) is 0 Å². The second-order valence-corrected chi connectivity index (χ2v) is 7.75. The first-order valence-electron chi connectivity index (χ1n) is 7.43. The van der Waals surface area contributed by atoms with Crippen molar-refractivity contribution in [3.05, 3.63) is 29.3 Å². The highest BCUT2D eigenvalue weighted by Crippen LogP contribution is 2.36. The van der Waals surface area contributed by atoms with Crippen molar-refractivity contribution in [2.45, 2.75) is 44.0 Å². The molecule has 1 fully saturated rings. The van der Waals surface area contributed by atoms with Crippen molar-refractivity contribution in [1.29, 1.82) is 0 Å². The summed E-state index contributed by atoms with van der Waals surface area (Å²) in [5.74, 6) is 9.12. The summed E-state index contributed by atoms with van der Waals surface area (Å²) in [6.45, 7) is 4.72. The predicted molar refractivity (Wildman–Crippen MR) is 89.0 cm³/mol. The fourth-order valence-electron chi connectivity index (χ4n) is 3.40. The van der Waals surface area contributed by atoms with E-state index in [0.29, 0.717) is 12.0 Å². The number of hydrogen-bond donors (Lipinski definition) is 2. The molecule has 0 aliphatic heterocycles. The van der Waals surface area contributed by atoms with Crippen LogP contribution in [0.25, 0.3) is 0 Å². The molecule has 0 saturated heterocycles. The Morgan fingerprint density at radius 1 is 1.30 bits per heavy atom. The first-order chi connectivity index (χ1) is 9.58. The summed E-state index contributed by atoms with van der Waals surface area (Å²) in [4.78, 5) is 1.22. The average molecular weight is 313 g/mol. The third kappa shape index (κ3) is 4.66. The van der Waals surface area contributed by atoms with Gasteiger partial charge in [-0.25, -0.2) is 0 Å². The molecule has 1 aromatic carbocycles. The SMILES string of the molecule is CC1CC(C)CC(C(CSc2cccc(Cl)c2)NN)C1.